The molecule has 270 valence electrons. The summed E-state index contributed by atoms with van der Waals surface area (Å²) in [6.07, 6.45) is 4.62. The van der Waals surface area contributed by atoms with Gasteiger partial charge in [-0.05, 0) is 48.0 Å². The molecule has 0 aliphatic carbocycles. The molecule has 14 nitrogen and oxygen atoms in total. The maximum atomic E-state index is 15.1. The van der Waals surface area contributed by atoms with Gasteiger partial charge >= 0.3 is 11.7 Å². The van der Waals surface area contributed by atoms with E-state index < -0.39 is 68.5 Å². The number of aryl methyl sites for hydroxylation is 2. The number of aliphatic carboxylic acids is 1. The monoisotopic (exact) mass is 741 g/mol. The van der Waals surface area contributed by atoms with Gasteiger partial charge in [-0.3, -0.25) is 23.9 Å². The number of para-hydroxylation sites is 1. The van der Waals surface area contributed by atoms with E-state index in [9.17, 15) is 32.7 Å². The molecule has 3 aromatic carbocycles. The highest BCUT2D eigenvalue weighted by atomic mass is 32.2. The fraction of sp³-hybridized carbons (Fsp3) is 0.139. The van der Waals surface area contributed by atoms with E-state index in [0.717, 1.165) is 4.57 Å². The number of hydrogen-bond acceptors (Lipinski definition) is 9. The number of sulfonamides is 1. The maximum Gasteiger partial charge on any atom is 0.335 e. The molecule has 0 saturated heterocycles. The third-order valence-corrected chi connectivity index (χ3v) is 9.71. The third-order valence-electron chi connectivity index (χ3n) is 8.33. The van der Waals surface area contributed by atoms with Crippen LogP contribution in [0, 0.1) is 11.6 Å². The van der Waals surface area contributed by atoms with Gasteiger partial charge in [-0.15, -0.1) is 0 Å². The molecule has 17 heteroatoms. The number of nitrogens with zero attached hydrogens (tertiary/aromatic N) is 5. The summed E-state index contributed by atoms with van der Waals surface area (Å²) in [4.78, 5) is 63.4. The SMILES string of the molecule is CCc1ncc(-c2ccc(S(=O)(=O)Nc3cc(F)c(C(=O)N[C@@H](Cc4ccc(-n5c(=O)c6ccccc6n(C)c5=O)cn4)C(=O)O)cc3F)cc2)cn1. The van der Waals surface area contributed by atoms with E-state index in [0.29, 0.717) is 41.0 Å². The second-order valence-corrected chi connectivity index (χ2v) is 13.4. The number of carbonyl (C=O) groups excluding carboxylic acids is 1. The van der Waals surface area contributed by atoms with Gasteiger partial charge in [0.25, 0.3) is 21.5 Å². The molecule has 3 N–H and O–H groups in total. The molecular formula is C36H29F2N7O7S. The van der Waals surface area contributed by atoms with E-state index in [1.807, 2.05) is 11.6 Å². The molecule has 6 rings (SSSR count). The van der Waals surface area contributed by atoms with E-state index >= 15 is 8.78 Å². The number of carbonyl (C=O) groups is 2. The first-order valence-electron chi connectivity index (χ1n) is 15.9. The Labute approximate surface area is 299 Å². The van der Waals surface area contributed by atoms with Crippen molar-refractivity contribution in [2.75, 3.05) is 4.72 Å². The number of carboxylic acid groups (broad SMARTS) is 1. The zero-order chi connectivity index (χ0) is 38.0. The van der Waals surface area contributed by atoms with Crippen LogP contribution in [-0.4, -0.2) is 55.5 Å². The first kappa shape index (κ1) is 36.2. The van der Waals surface area contributed by atoms with Gasteiger partial charge in [0.15, 0.2) is 0 Å². The minimum atomic E-state index is -4.41. The van der Waals surface area contributed by atoms with Gasteiger partial charge in [0.05, 0.1) is 38.9 Å². The molecule has 1 atom stereocenters. The predicted octanol–water partition coefficient (Wildman–Crippen LogP) is 3.61. The first-order valence-corrected chi connectivity index (χ1v) is 17.4. The summed E-state index contributed by atoms with van der Waals surface area (Å²) in [7, 11) is -2.90. The summed E-state index contributed by atoms with van der Waals surface area (Å²) in [6, 6.07) is 14.0. The Morgan fingerprint density at radius 1 is 0.887 bits per heavy atom. The average molecular weight is 742 g/mol. The molecule has 53 heavy (non-hydrogen) atoms. The average Bonchev–Trinajstić information content (AvgIpc) is 3.15. The zero-order valence-electron chi connectivity index (χ0n) is 27.9. The Balaban J connectivity index is 1.15. The number of benzene rings is 3. The second-order valence-electron chi connectivity index (χ2n) is 11.8. The predicted molar refractivity (Wildman–Crippen MR) is 189 cm³/mol. The Hall–Kier alpha value is -6.62. The summed E-state index contributed by atoms with van der Waals surface area (Å²) < 4.78 is 60.4. The largest absolute Gasteiger partial charge is 0.480 e. The molecule has 0 fully saturated rings. The van der Waals surface area contributed by atoms with Gasteiger partial charge in [-0.2, -0.15) is 0 Å². The summed E-state index contributed by atoms with van der Waals surface area (Å²) in [5.74, 6) is -4.81. The topological polar surface area (TPSA) is 195 Å². The molecular weight excluding hydrogens is 713 g/mol. The van der Waals surface area contributed by atoms with Gasteiger partial charge in [-0.25, -0.2) is 41.3 Å². The van der Waals surface area contributed by atoms with Gasteiger partial charge < -0.3 is 10.4 Å². The quantitative estimate of drug-likeness (QED) is 0.177. The lowest BCUT2D eigenvalue weighted by Gasteiger charge is -2.16. The van der Waals surface area contributed by atoms with Crippen molar-refractivity contribution in [1.82, 2.24) is 29.4 Å². The number of anilines is 1. The number of pyridine rings is 1. The van der Waals surface area contributed by atoms with Crippen LogP contribution < -0.4 is 21.3 Å². The van der Waals surface area contributed by atoms with Crippen LogP contribution in [0.3, 0.4) is 0 Å². The van der Waals surface area contributed by atoms with Gasteiger partial charge in [-0.1, -0.05) is 31.2 Å². The van der Waals surface area contributed by atoms with Crippen LogP contribution in [0.5, 0.6) is 0 Å². The minimum absolute atomic E-state index is 0.110. The number of aromatic nitrogens is 5. The lowest BCUT2D eigenvalue weighted by atomic mass is 10.1. The summed E-state index contributed by atoms with van der Waals surface area (Å²) in [5.41, 5.74) is -0.953. The number of rotatable bonds is 11. The molecule has 0 aliphatic rings. The highest BCUT2D eigenvalue weighted by Gasteiger charge is 2.26. The summed E-state index contributed by atoms with van der Waals surface area (Å²) >= 11 is 0. The Kier molecular flexibility index (Phi) is 9.93. The molecule has 1 amide bonds. The van der Waals surface area contributed by atoms with Crippen molar-refractivity contribution in [3.8, 4) is 16.8 Å². The van der Waals surface area contributed by atoms with Crippen LogP contribution in [-0.2, 0) is 34.7 Å². The maximum absolute atomic E-state index is 15.1. The van der Waals surface area contributed by atoms with Crippen molar-refractivity contribution in [3.05, 3.63) is 141 Å². The molecule has 6 aromatic rings. The number of nitrogens with one attached hydrogen (secondary N) is 2. The molecule has 0 radical (unpaired) electrons. The highest BCUT2D eigenvalue weighted by Crippen LogP contribution is 2.25. The van der Waals surface area contributed by atoms with E-state index in [-0.39, 0.29) is 21.7 Å². The Bertz CT molecular complexity index is 2610. The van der Waals surface area contributed by atoms with Gasteiger partial charge in [0.2, 0.25) is 0 Å². The van der Waals surface area contributed by atoms with Gasteiger partial charge in [0, 0.05) is 49.6 Å². The first-order chi connectivity index (χ1) is 25.3. The number of carboxylic acids is 1. The molecule has 0 bridgehead atoms. The molecule has 3 heterocycles. The van der Waals surface area contributed by atoms with Crippen molar-refractivity contribution >= 4 is 38.5 Å². The van der Waals surface area contributed by atoms with Crippen LogP contribution in [0.25, 0.3) is 27.7 Å². The van der Waals surface area contributed by atoms with Crippen molar-refractivity contribution in [2.45, 2.75) is 30.7 Å². The molecule has 0 saturated carbocycles. The standard InChI is InChI=1S/C36H29F2N7O7S/c1-3-32-40-17-21(18-41-32)20-8-12-24(13-9-20)53(51,52)43-29-16-27(37)26(15-28(29)38)33(46)42-30(35(48)49)14-22-10-11-23(19-39-22)45-34(47)25-6-4-5-7-31(25)44(2)36(45)50/h4-13,15-19,30,43H,3,14H2,1-2H3,(H,42,46)(H,48,49)/t30-/m0/s1. The number of fused-ring (bicyclic) bond motifs is 1. The van der Waals surface area contributed by atoms with Crippen LogP contribution >= 0.6 is 0 Å². The zero-order valence-corrected chi connectivity index (χ0v) is 28.8. The Morgan fingerprint density at radius 3 is 2.23 bits per heavy atom. The lowest BCUT2D eigenvalue weighted by molar-refractivity contribution is -0.139. The molecule has 0 unspecified atom stereocenters. The smallest absolute Gasteiger partial charge is 0.335 e. The fourth-order valence-corrected chi connectivity index (χ4v) is 6.52. The fourth-order valence-electron chi connectivity index (χ4n) is 5.47. The van der Waals surface area contributed by atoms with Gasteiger partial charge in [0.1, 0.15) is 23.5 Å². The summed E-state index contributed by atoms with van der Waals surface area (Å²) in [6.45, 7) is 1.90. The lowest BCUT2D eigenvalue weighted by Crippen LogP contribution is -2.42. The summed E-state index contributed by atoms with van der Waals surface area (Å²) in [5, 5.41) is 12.2. The van der Waals surface area contributed by atoms with Crippen LogP contribution in [0.1, 0.15) is 28.8 Å². The Morgan fingerprint density at radius 2 is 1.58 bits per heavy atom. The van der Waals surface area contributed by atoms with E-state index in [1.165, 1.54) is 54.2 Å². The third kappa shape index (κ3) is 7.41. The molecule has 3 aromatic heterocycles. The molecule has 0 aliphatic heterocycles. The number of amides is 1. The number of hydrogen-bond donors (Lipinski definition) is 3. The van der Waals surface area contributed by atoms with Crippen molar-refractivity contribution < 1.29 is 31.9 Å². The van der Waals surface area contributed by atoms with Crippen LogP contribution in [0.4, 0.5) is 14.5 Å². The second kappa shape index (κ2) is 14.5. The van der Waals surface area contributed by atoms with E-state index in [4.69, 9.17) is 0 Å². The van der Waals surface area contributed by atoms with E-state index in [2.05, 4.69) is 20.3 Å². The highest BCUT2D eigenvalue weighted by molar-refractivity contribution is 7.92. The van der Waals surface area contributed by atoms with Crippen molar-refractivity contribution in [1.29, 1.82) is 0 Å². The van der Waals surface area contributed by atoms with Crippen molar-refractivity contribution in [3.63, 3.8) is 0 Å². The van der Waals surface area contributed by atoms with Crippen LogP contribution in [0.15, 0.2) is 106 Å². The van der Waals surface area contributed by atoms with Crippen LogP contribution in [0.2, 0.25) is 0 Å². The van der Waals surface area contributed by atoms with E-state index in [1.54, 1.807) is 36.7 Å². The van der Waals surface area contributed by atoms with Crippen molar-refractivity contribution in [2.24, 2.45) is 7.05 Å². The normalized spacial score (nSPS) is 12.0. The minimum Gasteiger partial charge on any atom is -0.480 e. The number of halogens is 2. The molecule has 0 spiro atoms.